The van der Waals surface area contributed by atoms with Crippen molar-refractivity contribution in [3.8, 4) is 44.5 Å². The highest BCUT2D eigenvalue weighted by atomic mass is 14.9. The van der Waals surface area contributed by atoms with Gasteiger partial charge in [-0.15, -0.1) is 0 Å². The summed E-state index contributed by atoms with van der Waals surface area (Å²) in [5.41, 5.74) is 17.4. The molecule has 0 unspecified atom stereocenters. The van der Waals surface area contributed by atoms with Gasteiger partial charge in [-0.2, -0.15) is 0 Å². The van der Waals surface area contributed by atoms with Crippen LogP contribution in [0.4, 0.5) is 11.4 Å². The first-order valence-corrected chi connectivity index (χ1v) is 18.1. The third-order valence-electron chi connectivity index (χ3n) is 11.5. The van der Waals surface area contributed by atoms with Gasteiger partial charge in [0.2, 0.25) is 0 Å². The van der Waals surface area contributed by atoms with Crippen LogP contribution < -0.4 is 5.32 Å². The molecule has 0 radical (unpaired) electrons. The monoisotopic (exact) mass is 659 g/mol. The van der Waals surface area contributed by atoms with Gasteiger partial charge < -0.3 is 5.32 Å². The molecule has 9 aromatic rings. The Morgan fingerprint density at radius 2 is 0.865 bits per heavy atom. The van der Waals surface area contributed by atoms with Gasteiger partial charge in [0.1, 0.15) is 0 Å². The normalized spacial score (nSPS) is 13.2. The lowest BCUT2D eigenvalue weighted by Crippen LogP contribution is -2.25. The Morgan fingerprint density at radius 1 is 0.327 bits per heavy atom. The summed E-state index contributed by atoms with van der Waals surface area (Å²) in [5.74, 6) is 0. The first-order chi connectivity index (χ1) is 25.8. The van der Waals surface area contributed by atoms with Crippen LogP contribution in [-0.4, -0.2) is 0 Å². The fourth-order valence-corrected chi connectivity index (χ4v) is 9.21. The predicted octanol–water partition coefficient (Wildman–Crippen LogP) is 13.4. The molecule has 0 fully saturated rings. The highest BCUT2D eigenvalue weighted by Gasteiger charge is 2.51. The summed E-state index contributed by atoms with van der Waals surface area (Å²) in [5, 5.41) is 8.89. The van der Waals surface area contributed by atoms with Crippen molar-refractivity contribution in [3.05, 3.63) is 216 Å². The van der Waals surface area contributed by atoms with Crippen LogP contribution in [0.1, 0.15) is 22.3 Å². The average Bonchev–Trinajstić information content (AvgIpc) is 3.69. The number of fused-ring (bicyclic) bond motifs is 12. The van der Waals surface area contributed by atoms with Gasteiger partial charge in [0, 0.05) is 16.9 Å². The highest BCUT2D eigenvalue weighted by molar-refractivity contribution is 6.02. The largest absolute Gasteiger partial charge is 0.355 e. The summed E-state index contributed by atoms with van der Waals surface area (Å²) in [4.78, 5) is 0. The molecular weight excluding hydrogens is 627 g/mol. The predicted molar refractivity (Wildman–Crippen MR) is 218 cm³/mol. The zero-order valence-electron chi connectivity index (χ0n) is 28.5. The Balaban J connectivity index is 0.978. The van der Waals surface area contributed by atoms with Gasteiger partial charge in [-0.05, 0) is 113 Å². The second-order valence-corrected chi connectivity index (χ2v) is 14.1. The van der Waals surface area contributed by atoms with Crippen molar-refractivity contribution < 1.29 is 0 Å². The Kier molecular flexibility index (Phi) is 6.23. The molecular formula is C51H33N. The molecule has 2 aliphatic rings. The van der Waals surface area contributed by atoms with Crippen LogP contribution >= 0.6 is 0 Å². The van der Waals surface area contributed by atoms with Crippen LogP contribution in [0.5, 0.6) is 0 Å². The highest BCUT2D eigenvalue weighted by Crippen LogP contribution is 2.63. The zero-order chi connectivity index (χ0) is 34.2. The maximum atomic E-state index is 3.85. The maximum Gasteiger partial charge on any atom is 0.0726 e. The molecule has 0 atom stereocenters. The Hall–Kier alpha value is -6.70. The molecule has 1 N–H and O–H groups in total. The lowest BCUT2D eigenvalue weighted by Gasteiger charge is -2.30. The first kappa shape index (κ1) is 29.1. The minimum absolute atomic E-state index is 0.345. The summed E-state index contributed by atoms with van der Waals surface area (Å²) in [6.07, 6.45) is 0. The van der Waals surface area contributed by atoms with Gasteiger partial charge in [0.05, 0.1) is 5.41 Å². The molecule has 1 nitrogen and oxygen atoms in total. The van der Waals surface area contributed by atoms with E-state index < -0.39 is 0 Å². The second-order valence-electron chi connectivity index (χ2n) is 14.1. The number of benzene rings is 9. The summed E-state index contributed by atoms with van der Waals surface area (Å²) in [6.45, 7) is 0. The van der Waals surface area contributed by atoms with Gasteiger partial charge in [0.15, 0.2) is 0 Å². The van der Waals surface area contributed by atoms with E-state index in [4.69, 9.17) is 0 Å². The van der Waals surface area contributed by atoms with Gasteiger partial charge >= 0.3 is 0 Å². The molecule has 0 saturated carbocycles. The molecule has 242 valence electrons. The summed E-state index contributed by atoms with van der Waals surface area (Å²) >= 11 is 0. The molecule has 9 aromatic carbocycles. The van der Waals surface area contributed by atoms with E-state index in [-0.39, 0.29) is 5.41 Å². The summed E-state index contributed by atoms with van der Waals surface area (Å²) < 4.78 is 0. The van der Waals surface area contributed by atoms with Crippen LogP contribution in [0.3, 0.4) is 0 Å². The van der Waals surface area contributed by atoms with E-state index in [2.05, 4.69) is 199 Å². The van der Waals surface area contributed by atoms with E-state index in [1.807, 2.05) is 0 Å². The molecule has 0 saturated heterocycles. The Labute approximate surface area is 303 Å². The van der Waals surface area contributed by atoms with E-state index in [9.17, 15) is 0 Å². The number of hydrogen-bond donors (Lipinski definition) is 1. The van der Waals surface area contributed by atoms with Gasteiger partial charge in [-0.3, -0.25) is 0 Å². The van der Waals surface area contributed by atoms with Crippen molar-refractivity contribution in [3.63, 3.8) is 0 Å². The zero-order valence-corrected chi connectivity index (χ0v) is 28.5. The fourth-order valence-electron chi connectivity index (χ4n) is 9.21. The molecule has 2 aliphatic carbocycles. The average molecular weight is 660 g/mol. The molecule has 0 aromatic heterocycles. The minimum atomic E-state index is -0.345. The molecule has 1 heteroatoms. The lowest BCUT2D eigenvalue weighted by molar-refractivity contribution is 0.794. The van der Waals surface area contributed by atoms with Gasteiger partial charge in [-0.1, -0.05) is 164 Å². The third kappa shape index (κ3) is 4.11. The van der Waals surface area contributed by atoms with Crippen LogP contribution in [0.2, 0.25) is 0 Å². The Morgan fingerprint density at radius 3 is 1.63 bits per heavy atom. The molecule has 0 heterocycles. The maximum absolute atomic E-state index is 3.85. The third-order valence-corrected chi connectivity index (χ3v) is 11.5. The topological polar surface area (TPSA) is 12.0 Å². The summed E-state index contributed by atoms with van der Waals surface area (Å²) in [6, 6.07) is 71.5. The van der Waals surface area contributed by atoms with E-state index in [1.165, 1.54) is 88.3 Å². The van der Waals surface area contributed by atoms with Crippen molar-refractivity contribution in [2.75, 3.05) is 5.32 Å². The van der Waals surface area contributed by atoms with Crippen LogP contribution in [0, 0.1) is 0 Å². The molecule has 1 spiro atoms. The molecule has 11 rings (SSSR count). The summed E-state index contributed by atoms with van der Waals surface area (Å²) in [7, 11) is 0. The van der Waals surface area contributed by atoms with Crippen molar-refractivity contribution in [1.82, 2.24) is 0 Å². The fraction of sp³-hybridized carbons (Fsp3) is 0.0196. The first-order valence-electron chi connectivity index (χ1n) is 18.1. The van der Waals surface area contributed by atoms with Crippen LogP contribution in [-0.2, 0) is 5.41 Å². The SMILES string of the molecule is c1ccc2c(c1)-c1ccccc1C21c2ccccc2-c2c(Nc3ccc(-c4ccc5cccc(-c6ccc7ccccc7c6)c5c4)cc3)cccc21. The quantitative estimate of drug-likeness (QED) is 0.198. The lowest BCUT2D eigenvalue weighted by atomic mass is 9.70. The van der Waals surface area contributed by atoms with Crippen molar-refractivity contribution in [2.24, 2.45) is 0 Å². The Bertz CT molecular complexity index is 2830. The number of anilines is 2. The number of nitrogens with one attached hydrogen (secondary N) is 1. The molecule has 0 aliphatic heterocycles. The second kappa shape index (κ2) is 11.2. The van der Waals surface area contributed by atoms with E-state index in [1.54, 1.807) is 0 Å². The van der Waals surface area contributed by atoms with Crippen LogP contribution in [0.15, 0.2) is 194 Å². The van der Waals surface area contributed by atoms with Gasteiger partial charge in [-0.25, -0.2) is 0 Å². The standard InChI is InChI=1S/C51H33N/c1-2-12-36-31-38(26-23-33(36)11-1)40-17-9-13-35-24-25-37(32-44(35)40)34-27-29-39(30-28-34)52-49-22-10-21-48-50(49)43-16-5-8-20-47(43)51(48)45-18-6-3-14-41(45)42-15-4-7-19-46(42)51/h1-32,52H. The van der Waals surface area contributed by atoms with Crippen molar-refractivity contribution >= 4 is 32.9 Å². The molecule has 0 bridgehead atoms. The van der Waals surface area contributed by atoms with Crippen LogP contribution in [0.25, 0.3) is 66.1 Å². The smallest absolute Gasteiger partial charge is 0.0726 e. The van der Waals surface area contributed by atoms with E-state index in [0.29, 0.717) is 0 Å². The minimum Gasteiger partial charge on any atom is -0.355 e. The molecule has 52 heavy (non-hydrogen) atoms. The molecule has 0 amide bonds. The van der Waals surface area contributed by atoms with Crippen molar-refractivity contribution in [2.45, 2.75) is 5.41 Å². The number of hydrogen-bond acceptors (Lipinski definition) is 1. The van der Waals surface area contributed by atoms with Crippen molar-refractivity contribution in [1.29, 1.82) is 0 Å². The van der Waals surface area contributed by atoms with E-state index in [0.717, 1.165) is 11.4 Å². The number of rotatable bonds is 4. The van der Waals surface area contributed by atoms with E-state index >= 15 is 0 Å². The van der Waals surface area contributed by atoms with Gasteiger partial charge in [0.25, 0.3) is 0 Å².